The Balaban J connectivity index is 1.32. The Kier molecular flexibility index (Phi) is 5.58. The summed E-state index contributed by atoms with van der Waals surface area (Å²) >= 11 is 4.97. The van der Waals surface area contributed by atoms with Crippen molar-refractivity contribution >= 4 is 39.6 Å². The highest BCUT2D eigenvalue weighted by Gasteiger charge is 2.15. The first-order valence-corrected chi connectivity index (χ1v) is 11.1. The minimum atomic E-state index is 0.569. The molecule has 1 aliphatic rings. The van der Waals surface area contributed by atoms with Gasteiger partial charge in [-0.2, -0.15) is 0 Å². The van der Waals surface area contributed by atoms with Gasteiger partial charge in [0.05, 0.1) is 11.4 Å². The number of aromatic nitrogens is 4. The van der Waals surface area contributed by atoms with Crippen LogP contribution < -0.4 is 5.32 Å². The van der Waals surface area contributed by atoms with Crippen molar-refractivity contribution in [3.63, 3.8) is 0 Å². The van der Waals surface area contributed by atoms with Gasteiger partial charge < -0.3 is 5.32 Å². The third kappa shape index (κ3) is 4.56. The zero-order valence-electron chi connectivity index (χ0n) is 13.7. The molecule has 0 radical (unpaired) electrons. The van der Waals surface area contributed by atoms with Crippen molar-refractivity contribution in [2.24, 2.45) is 0 Å². The van der Waals surface area contributed by atoms with Crippen molar-refractivity contribution in [2.45, 2.75) is 48.2 Å². The molecular weight excluding hydrogens is 370 g/mol. The predicted molar refractivity (Wildman–Crippen MR) is 105 cm³/mol. The molecule has 4 rings (SSSR count). The van der Waals surface area contributed by atoms with Crippen molar-refractivity contribution in [3.8, 4) is 10.7 Å². The Hall–Kier alpha value is -1.51. The van der Waals surface area contributed by atoms with Crippen LogP contribution >= 0.6 is 34.4 Å². The van der Waals surface area contributed by atoms with E-state index in [9.17, 15) is 0 Å². The summed E-state index contributed by atoms with van der Waals surface area (Å²) in [4.78, 5) is 9.02. The fraction of sp³-hybridized carbons (Fsp3) is 0.412. The average molecular weight is 390 g/mol. The topological polar surface area (TPSA) is 63.6 Å². The number of hydrogen-bond donors (Lipinski definition) is 1. The molecule has 5 nitrogen and oxygen atoms in total. The maximum Gasteiger partial charge on any atom is 0.206 e. The molecule has 3 aromatic rings. The second-order valence-corrected chi connectivity index (χ2v) is 9.06. The summed E-state index contributed by atoms with van der Waals surface area (Å²) in [5, 5.41) is 16.1. The molecule has 1 N–H and O–H groups in total. The minimum Gasteiger partial charge on any atom is -0.357 e. The van der Waals surface area contributed by atoms with E-state index in [0.29, 0.717) is 6.04 Å². The van der Waals surface area contributed by atoms with Crippen LogP contribution in [0.3, 0.4) is 0 Å². The summed E-state index contributed by atoms with van der Waals surface area (Å²) in [5.41, 5.74) is 1.99. The second kappa shape index (κ2) is 8.25. The molecule has 0 spiro atoms. The number of hydrogen-bond acceptors (Lipinski definition) is 8. The molecule has 0 amide bonds. The molecule has 25 heavy (non-hydrogen) atoms. The molecule has 0 unspecified atom stereocenters. The molecule has 1 fully saturated rings. The van der Waals surface area contributed by atoms with Crippen LogP contribution in [-0.4, -0.2) is 26.2 Å². The van der Waals surface area contributed by atoms with Gasteiger partial charge in [0, 0.05) is 23.4 Å². The molecule has 0 bridgehead atoms. The number of nitrogens with one attached hydrogen (secondary N) is 1. The van der Waals surface area contributed by atoms with Crippen LogP contribution in [0.25, 0.3) is 10.7 Å². The maximum atomic E-state index is 4.67. The van der Waals surface area contributed by atoms with Crippen LogP contribution in [0.2, 0.25) is 0 Å². The van der Waals surface area contributed by atoms with Crippen molar-refractivity contribution in [1.82, 2.24) is 20.2 Å². The number of pyridine rings is 1. The number of anilines is 1. The van der Waals surface area contributed by atoms with Gasteiger partial charge in [0.25, 0.3) is 0 Å². The molecule has 1 saturated carbocycles. The summed E-state index contributed by atoms with van der Waals surface area (Å²) < 4.78 is 0.991. The Labute approximate surface area is 159 Å². The van der Waals surface area contributed by atoms with Crippen molar-refractivity contribution < 1.29 is 0 Å². The third-order valence-corrected chi connectivity index (χ3v) is 7.05. The lowest BCUT2D eigenvalue weighted by Gasteiger charge is -2.21. The van der Waals surface area contributed by atoms with Crippen LogP contribution in [0.15, 0.2) is 34.1 Å². The molecule has 0 aliphatic heterocycles. The summed E-state index contributed by atoms with van der Waals surface area (Å²) in [5.74, 6) is 0.807. The number of rotatable bonds is 6. The largest absolute Gasteiger partial charge is 0.357 e. The van der Waals surface area contributed by atoms with E-state index in [1.165, 1.54) is 32.1 Å². The average Bonchev–Trinajstić information content (AvgIpc) is 3.31. The Morgan fingerprint density at radius 1 is 1.16 bits per heavy atom. The zero-order chi connectivity index (χ0) is 16.9. The number of nitrogens with zero attached hydrogens (tertiary/aromatic N) is 4. The maximum absolute atomic E-state index is 4.67. The molecule has 0 aromatic carbocycles. The first-order chi connectivity index (χ1) is 12.4. The van der Waals surface area contributed by atoms with Crippen LogP contribution in [0, 0.1) is 0 Å². The predicted octanol–water partition coefficient (Wildman–Crippen LogP) is 5.09. The lowest BCUT2D eigenvalue weighted by atomic mass is 9.96. The number of thiazole rings is 1. The van der Waals surface area contributed by atoms with Crippen molar-refractivity contribution in [3.05, 3.63) is 35.5 Å². The van der Waals surface area contributed by atoms with Gasteiger partial charge in [-0.25, -0.2) is 4.98 Å². The molecule has 1 aliphatic carbocycles. The number of thioether (sulfide) groups is 1. The lowest BCUT2D eigenvalue weighted by Crippen LogP contribution is -2.21. The van der Waals surface area contributed by atoms with Gasteiger partial charge in [-0.15, -0.1) is 21.5 Å². The van der Waals surface area contributed by atoms with Crippen LogP contribution in [0.1, 0.15) is 37.8 Å². The van der Waals surface area contributed by atoms with E-state index in [4.69, 9.17) is 0 Å². The molecule has 3 heterocycles. The summed E-state index contributed by atoms with van der Waals surface area (Å²) in [6, 6.07) is 6.46. The fourth-order valence-corrected chi connectivity index (χ4v) is 5.49. The zero-order valence-corrected chi connectivity index (χ0v) is 16.2. The first-order valence-electron chi connectivity index (χ1n) is 8.45. The smallest absolute Gasteiger partial charge is 0.206 e. The van der Waals surface area contributed by atoms with E-state index in [-0.39, 0.29) is 0 Å². The molecule has 3 aromatic heterocycles. The quantitative estimate of drug-likeness (QED) is 0.592. The first kappa shape index (κ1) is 16.9. The van der Waals surface area contributed by atoms with Crippen LogP contribution in [0.5, 0.6) is 0 Å². The van der Waals surface area contributed by atoms with E-state index >= 15 is 0 Å². The molecular formula is C17H19N5S3. The van der Waals surface area contributed by atoms with Gasteiger partial charge in [-0.1, -0.05) is 48.4 Å². The summed E-state index contributed by atoms with van der Waals surface area (Å²) in [6.45, 7) is 0. The van der Waals surface area contributed by atoms with Gasteiger partial charge in [0.15, 0.2) is 4.34 Å². The van der Waals surface area contributed by atoms with E-state index in [1.54, 1.807) is 40.6 Å². The van der Waals surface area contributed by atoms with E-state index in [0.717, 1.165) is 31.6 Å². The Bertz CT molecular complexity index is 795. The summed E-state index contributed by atoms with van der Waals surface area (Å²) in [7, 11) is 0. The molecule has 8 heteroatoms. The van der Waals surface area contributed by atoms with E-state index < -0.39 is 0 Å². The van der Waals surface area contributed by atoms with Crippen molar-refractivity contribution in [2.75, 3.05) is 5.32 Å². The van der Waals surface area contributed by atoms with Gasteiger partial charge in [0.2, 0.25) is 5.13 Å². The van der Waals surface area contributed by atoms with Gasteiger partial charge in [-0.05, 0) is 25.0 Å². The normalized spacial score (nSPS) is 15.4. The van der Waals surface area contributed by atoms with E-state index in [2.05, 4.69) is 30.9 Å². The monoisotopic (exact) mass is 389 g/mol. The molecule has 0 atom stereocenters. The second-order valence-electron chi connectivity index (χ2n) is 6.00. The third-order valence-electron chi connectivity index (χ3n) is 4.12. The SMILES string of the molecule is c1ccc(-c2nc(CSc3nnc(NC4CCCCC4)s3)cs2)nc1. The van der Waals surface area contributed by atoms with Crippen molar-refractivity contribution in [1.29, 1.82) is 0 Å². The van der Waals surface area contributed by atoms with E-state index in [1.807, 2.05) is 18.2 Å². The highest BCUT2D eigenvalue weighted by atomic mass is 32.2. The molecule has 130 valence electrons. The standard InChI is InChI=1S/C17H19N5S3/c1-2-6-12(7-3-1)20-16-21-22-17(25-16)24-11-13-10-23-15(19-13)14-8-4-5-9-18-14/h4-5,8-10,12H,1-3,6-7,11H2,(H,20,21). The highest BCUT2D eigenvalue weighted by Crippen LogP contribution is 2.31. The fourth-order valence-electron chi connectivity index (χ4n) is 2.86. The summed E-state index contributed by atoms with van der Waals surface area (Å²) in [6.07, 6.45) is 8.30. The van der Waals surface area contributed by atoms with Crippen LogP contribution in [0.4, 0.5) is 5.13 Å². The van der Waals surface area contributed by atoms with Gasteiger partial charge in [0.1, 0.15) is 5.01 Å². The Morgan fingerprint density at radius 2 is 2.08 bits per heavy atom. The lowest BCUT2D eigenvalue weighted by molar-refractivity contribution is 0.462. The molecule has 0 saturated heterocycles. The van der Waals surface area contributed by atoms with Gasteiger partial charge >= 0.3 is 0 Å². The Morgan fingerprint density at radius 3 is 2.92 bits per heavy atom. The highest BCUT2D eigenvalue weighted by molar-refractivity contribution is 8.00. The minimum absolute atomic E-state index is 0.569. The van der Waals surface area contributed by atoms with Gasteiger partial charge in [-0.3, -0.25) is 4.98 Å². The van der Waals surface area contributed by atoms with Crippen LogP contribution in [-0.2, 0) is 5.75 Å².